The van der Waals surface area contributed by atoms with Crippen molar-refractivity contribution < 1.29 is 0 Å². The third-order valence-corrected chi connectivity index (χ3v) is 4.42. The second kappa shape index (κ2) is 7.35. The highest BCUT2D eigenvalue weighted by atomic mass is 32.2. The van der Waals surface area contributed by atoms with Gasteiger partial charge in [-0.3, -0.25) is 0 Å². The summed E-state index contributed by atoms with van der Waals surface area (Å²) in [6.45, 7) is 11.4. The predicted molar refractivity (Wildman–Crippen MR) is 89.0 cm³/mol. The Kier molecular flexibility index (Phi) is 6.41. The minimum absolute atomic E-state index is 0.326. The van der Waals surface area contributed by atoms with Crippen LogP contribution < -0.4 is 5.32 Å². The molecule has 0 aliphatic heterocycles. The van der Waals surface area contributed by atoms with Crippen molar-refractivity contribution in [2.45, 2.75) is 51.8 Å². The molecule has 0 saturated heterocycles. The van der Waals surface area contributed by atoms with Gasteiger partial charge >= 0.3 is 0 Å². The van der Waals surface area contributed by atoms with Gasteiger partial charge in [0, 0.05) is 16.5 Å². The van der Waals surface area contributed by atoms with Crippen LogP contribution in [0.4, 0.5) is 0 Å². The lowest BCUT2D eigenvalue weighted by atomic mass is 10.00. The van der Waals surface area contributed by atoms with Crippen LogP contribution in [0.5, 0.6) is 0 Å². The average Bonchev–Trinajstić information content (AvgIpc) is 2.29. The normalized spacial score (nSPS) is 13.8. The van der Waals surface area contributed by atoms with Crippen molar-refractivity contribution in [3.05, 3.63) is 35.4 Å². The van der Waals surface area contributed by atoms with Crippen LogP contribution in [-0.2, 0) is 6.42 Å². The summed E-state index contributed by atoms with van der Waals surface area (Å²) >= 11 is 2.01. The van der Waals surface area contributed by atoms with Crippen LogP contribution in [0.25, 0.3) is 0 Å². The smallest absolute Gasteiger partial charge is 0.0409 e. The Bertz CT molecular complexity index is 362. The highest BCUT2D eigenvalue weighted by molar-refractivity contribution is 8.00. The van der Waals surface area contributed by atoms with Gasteiger partial charge in [0.05, 0.1) is 0 Å². The molecule has 2 heteroatoms. The molecular formula is C17H29NS. The van der Waals surface area contributed by atoms with Crippen LogP contribution in [0.1, 0.15) is 51.8 Å². The number of hydrogen-bond donors (Lipinski definition) is 1. The molecule has 0 saturated carbocycles. The third kappa shape index (κ3) is 6.49. The molecule has 0 radical (unpaired) electrons. The van der Waals surface area contributed by atoms with Gasteiger partial charge < -0.3 is 5.32 Å². The molecule has 0 spiro atoms. The number of nitrogens with one attached hydrogen (secondary N) is 1. The lowest BCUT2D eigenvalue weighted by Gasteiger charge is -2.23. The molecule has 1 N–H and O–H groups in total. The number of thioether (sulfide) groups is 1. The lowest BCUT2D eigenvalue weighted by Crippen LogP contribution is -2.21. The van der Waals surface area contributed by atoms with Crippen molar-refractivity contribution in [3.8, 4) is 0 Å². The number of rotatable bonds is 6. The van der Waals surface area contributed by atoms with Crippen molar-refractivity contribution in [3.63, 3.8) is 0 Å². The Morgan fingerprint density at radius 3 is 2.11 bits per heavy atom. The molecule has 0 aromatic heterocycles. The van der Waals surface area contributed by atoms with E-state index in [1.54, 1.807) is 0 Å². The molecule has 1 atom stereocenters. The van der Waals surface area contributed by atoms with Gasteiger partial charge in [-0.1, -0.05) is 58.9 Å². The third-order valence-electron chi connectivity index (χ3n) is 3.06. The first kappa shape index (κ1) is 16.6. The van der Waals surface area contributed by atoms with E-state index >= 15 is 0 Å². The largest absolute Gasteiger partial charge is 0.312 e. The molecule has 19 heavy (non-hydrogen) atoms. The van der Waals surface area contributed by atoms with Gasteiger partial charge in [0.2, 0.25) is 0 Å². The Labute approximate surface area is 123 Å². The first-order valence-electron chi connectivity index (χ1n) is 7.22. The summed E-state index contributed by atoms with van der Waals surface area (Å²) in [5.41, 5.74) is 2.84. The van der Waals surface area contributed by atoms with E-state index in [9.17, 15) is 0 Å². The van der Waals surface area contributed by atoms with Crippen molar-refractivity contribution in [1.82, 2.24) is 5.32 Å². The monoisotopic (exact) mass is 279 g/mol. The zero-order valence-electron chi connectivity index (χ0n) is 13.3. The maximum absolute atomic E-state index is 3.43. The van der Waals surface area contributed by atoms with E-state index < -0.39 is 0 Å². The molecular weight excluding hydrogens is 250 g/mol. The van der Waals surface area contributed by atoms with Crippen LogP contribution in [0.3, 0.4) is 0 Å². The topological polar surface area (TPSA) is 12.0 Å². The van der Waals surface area contributed by atoms with E-state index in [1.807, 2.05) is 11.8 Å². The van der Waals surface area contributed by atoms with Crippen LogP contribution in [0.2, 0.25) is 0 Å². The van der Waals surface area contributed by atoms with Crippen LogP contribution in [-0.4, -0.2) is 17.5 Å². The molecule has 108 valence electrons. The van der Waals surface area contributed by atoms with Gasteiger partial charge in [-0.15, -0.1) is 0 Å². The molecule has 1 rings (SSSR count). The molecule has 0 aliphatic carbocycles. The molecule has 1 nitrogen and oxygen atoms in total. The second-order valence-corrected chi connectivity index (χ2v) is 8.45. The fourth-order valence-electron chi connectivity index (χ4n) is 2.04. The standard InChI is InChI=1S/C17H29NS/c1-13(2)11-14-7-9-15(10-8-14)16(18-6)12-19-17(3,4)5/h7-10,13,16,18H,11-12H2,1-6H3. The van der Waals surface area contributed by atoms with Gasteiger partial charge in [-0.2, -0.15) is 11.8 Å². The zero-order valence-corrected chi connectivity index (χ0v) is 14.1. The van der Waals surface area contributed by atoms with Gasteiger partial charge in [0.15, 0.2) is 0 Å². The molecule has 1 aromatic carbocycles. The molecule has 1 aromatic rings. The number of benzene rings is 1. The van der Waals surface area contributed by atoms with E-state index in [2.05, 4.69) is 71.2 Å². The maximum atomic E-state index is 3.43. The fourth-order valence-corrected chi connectivity index (χ4v) is 3.06. The second-order valence-electron chi connectivity index (χ2n) is 6.60. The Hall–Kier alpha value is -0.470. The molecule has 0 heterocycles. The molecule has 0 amide bonds. The lowest BCUT2D eigenvalue weighted by molar-refractivity contribution is 0.642. The minimum Gasteiger partial charge on any atom is -0.312 e. The Morgan fingerprint density at radius 2 is 1.68 bits per heavy atom. The summed E-state index contributed by atoms with van der Waals surface area (Å²) in [5.74, 6) is 1.84. The van der Waals surface area contributed by atoms with E-state index in [4.69, 9.17) is 0 Å². The minimum atomic E-state index is 0.326. The summed E-state index contributed by atoms with van der Waals surface area (Å²) in [5, 5.41) is 3.43. The van der Waals surface area contributed by atoms with E-state index in [0.717, 1.165) is 11.7 Å². The predicted octanol–water partition coefficient (Wildman–Crippen LogP) is 4.68. The van der Waals surface area contributed by atoms with Crippen molar-refractivity contribution in [2.24, 2.45) is 5.92 Å². The summed E-state index contributed by atoms with van der Waals surface area (Å²) < 4.78 is 0.326. The molecule has 0 fully saturated rings. The highest BCUT2D eigenvalue weighted by Gasteiger charge is 2.15. The molecule has 0 bridgehead atoms. The molecule has 0 aliphatic rings. The summed E-state index contributed by atoms with van der Waals surface area (Å²) in [6, 6.07) is 9.56. The van der Waals surface area contributed by atoms with Crippen LogP contribution in [0.15, 0.2) is 24.3 Å². The fraction of sp³-hybridized carbons (Fsp3) is 0.647. The van der Waals surface area contributed by atoms with Gasteiger partial charge in [0.1, 0.15) is 0 Å². The first-order valence-corrected chi connectivity index (χ1v) is 8.20. The SMILES string of the molecule is CNC(CSC(C)(C)C)c1ccc(CC(C)C)cc1. The van der Waals surface area contributed by atoms with Gasteiger partial charge in [-0.05, 0) is 30.5 Å². The van der Waals surface area contributed by atoms with Crippen LogP contribution in [0, 0.1) is 5.92 Å². The van der Waals surface area contributed by atoms with E-state index in [1.165, 1.54) is 17.5 Å². The first-order chi connectivity index (χ1) is 8.81. The maximum Gasteiger partial charge on any atom is 0.0409 e. The Morgan fingerprint density at radius 1 is 1.11 bits per heavy atom. The quantitative estimate of drug-likeness (QED) is 0.811. The van der Waals surface area contributed by atoms with Crippen molar-refractivity contribution in [1.29, 1.82) is 0 Å². The van der Waals surface area contributed by atoms with Gasteiger partial charge in [-0.25, -0.2) is 0 Å². The van der Waals surface area contributed by atoms with Gasteiger partial charge in [0.25, 0.3) is 0 Å². The summed E-state index contributed by atoms with van der Waals surface area (Å²) in [4.78, 5) is 0. The van der Waals surface area contributed by atoms with Crippen molar-refractivity contribution >= 4 is 11.8 Å². The Balaban J connectivity index is 2.66. The zero-order chi connectivity index (χ0) is 14.5. The number of hydrogen-bond acceptors (Lipinski definition) is 2. The van der Waals surface area contributed by atoms with E-state index in [0.29, 0.717) is 10.8 Å². The molecule has 1 unspecified atom stereocenters. The summed E-state index contributed by atoms with van der Waals surface area (Å²) in [6.07, 6.45) is 1.17. The highest BCUT2D eigenvalue weighted by Crippen LogP contribution is 2.28. The van der Waals surface area contributed by atoms with Crippen molar-refractivity contribution in [2.75, 3.05) is 12.8 Å². The van der Waals surface area contributed by atoms with Crippen LogP contribution >= 0.6 is 11.8 Å². The summed E-state index contributed by atoms with van der Waals surface area (Å²) in [7, 11) is 2.05. The van der Waals surface area contributed by atoms with E-state index in [-0.39, 0.29) is 0 Å². The average molecular weight is 279 g/mol.